The Kier molecular flexibility index (Phi) is 10.2. The van der Waals surface area contributed by atoms with Crippen molar-refractivity contribution in [1.29, 1.82) is 0 Å². The second-order valence-electron chi connectivity index (χ2n) is 9.92. The molecule has 0 bridgehead atoms. The molecule has 0 spiro atoms. The van der Waals surface area contributed by atoms with Crippen molar-refractivity contribution >= 4 is 67.5 Å². The van der Waals surface area contributed by atoms with E-state index in [0.29, 0.717) is 21.2 Å². The first-order valence-electron chi connectivity index (χ1n) is 14.6. The highest BCUT2D eigenvalue weighted by Gasteiger charge is 2.35. The molecule has 0 aliphatic carbocycles. The quantitative estimate of drug-likeness (QED) is 0.125. The molecule has 0 saturated carbocycles. The summed E-state index contributed by atoms with van der Waals surface area (Å²) in [6.07, 6.45) is 0. The van der Waals surface area contributed by atoms with E-state index in [2.05, 4.69) is 12.1 Å². The van der Waals surface area contributed by atoms with Crippen LogP contribution in [0.15, 0.2) is 159 Å². The molecule has 0 N–H and O–H groups in total. The van der Waals surface area contributed by atoms with E-state index in [-0.39, 0.29) is 0 Å². The monoisotopic (exact) mass is 641 g/mol. The van der Waals surface area contributed by atoms with Gasteiger partial charge in [0.2, 0.25) is 0 Å². The van der Waals surface area contributed by atoms with Crippen LogP contribution in [0.1, 0.15) is 5.56 Å². The van der Waals surface area contributed by atoms with Crippen LogP contribution in [0.3, 0.4) is 0 Å². The molecule has 0 amide bonds. The molecule has 1 aliphatic rings. The summed E-state index contributed by atoms with van der Waals surface area (Å²) in [6.45, 7) is 0. The number of benzene rings is 5. The van der Waals surface area contributed by atoms with Gasteiger partial charge in [-0.15, -0.1) is 0 Å². The molecule has 1 heterocycles. The van der Waals surface area contributed by atoms with E-state index >= 15 is 0 Å². The molecule has 0 unspecified atom stereocenters. The number of ether oxygens (including phenoxy) is 2. The molecule has 46 heavy (non-hydrogen) atoms. The maximum atomic E-state index is 5.38. The number of rotatable bonds is 8. The van der Waals surface area contributed by atoms with Crippen LogP contribution < -0.4 is 14.4 Å². The summed E-state index contributed by atoms with van der Waals surface area (Å²) in [5.74, 6) is 2.90. The van der Waals surface area contributed by atoms with Gasteiger partial charge in [0.05, 0.1) is 31.3 Å². The molecule has 7 nitrogen and oxygen atoms in total. The average Bonchev–Trinajstić information content (AvgIpc) is 3.44. The summed E-state index contributed by atoms with van der Waals surface area (Å²) in [4.78, 5) is 22.4. The number of methoxy groups -OCH3 is 2. The molecule has 0 atom stereocenters. The van der Waals surface area contributed by atoms with E-state index in [9.17, 15) is 0 Å². The molecule has 5 aromatic carbocycles. The summed E-state index contributed by atoms with van der Waals surface area (Å²) in [5, 5.41) is 2.03. The largest absolute Gasteiger partial charge is 0.497 e. The van der Waals surface area contributed by atoms with Crippen molar-refractivity contribution in [3.8, 4) is 11.5 Å². The predicted molar refractivity (Wildman–Crippen MR) is 195 cm³/mol. The van der Waals surface area contributed by atoms with Crippen molar-refractivity contribution in [3.05, 3.63) is 145 Å². The highest BCUT2D eigenvalue weighted by atomic mass is 32.2. The van der Waals surface area contributed by atoms with E-state index < -0.39 is 0 Å². The number of hydrogen-bond acceptors (Lipinski definition) is 7. The molecule has 0 radical (unpaired) electrons. The molecule has 0 aromatic heterocycles. The van der Waals surface area contributed by atoms with Gasteiger partial charge in [-0.3, -0.25) is 4.90 Å². The second-order valence-corrected chi connectivity index (χ2v) is 11.8. The number of nitrogens with zero attached hydrogens (tertiary/aromatic N) is 5. The Morgan fingerprint density at radius 2 is 1.17 bits per heavy atom. The van der Waals surface area contributed by atoms with Gasteiger partial charge in [-0.25, -0.2) is 15.0 Å². The van der Waals surface area contributed by atoms with Crippen LogP contribution in [-0.2, 0) is 5.75 Å². The van der Waals surface area contributed by atoms with E-state index in [4.69, 9.17) is 29.4 Å². The Balaban J connectivity index is 1.48. The SMILES string of the molecule is COc1ccc(N=C2SC(=NC(=Nc3ccccc3)SCc3ccccc3)N(c3ccccc3)C2=Nc2ccc(OC)cc2)cc1. The zero-order valence-corrected chi connectivity index (χ0v) is 27.0. The smallest absolute Gasteiger partial charge is 0.190 e. The highest BCUT2D eigenvalue weighted by Crippen LogP contribution is 2.34. The van der Waals surface area contributed by atoms with Crippen molar-refractivity contribution in [2.75, 3.05) is 19.1 Å². The van der Waals surface area contributed by atoms with Crippen LogP contribution in [0.4, 0.5) is 22.7 Å². The topological polar surface area (TPSA) is 71.1 Å². The van der Waals surface area contributed by atoms with Gasteiger partial charge in [-0.2, -0.15) is 4.99 Å². The fourth-order valence-corrected chi connectivity index (χ4v) is 6.31. The first kappa shape index (κ1) is 30.9. The predicted octanol–water partition coefficient (Wildman–Crippen LogP) is 9.69. The summed E-state index contributed by atoms with van der Waals surface area (Å²) < 4.78 is 10.7. The Morgan fingerprint density at radius 1 is 0.630 bits per heavy atom. The minimum absolute atomic E-state index is 0.632. The molecular weight excluding hydrogens is 611 g/mol. The lowest BCUT2D eigenvalue weighted by Crippen LogP contribution is -2.31. The normalized spacial score (nSPS) is 15.9. The Hall–Kier alpha value is -5.12. The minimum Gasteiger partial charge on any atom is -0.497 e. The molecule has 1 fully saturated rings. The maximum Gasteiger partial charge on any atom is 0.190 e. The third-order valence-corrected chi connectivity index (χ3v) is 8.63. The van der Waals surface area contributed by atoms with E-state index in [1.807, 2.05) is 132 Å². The standard InChI is InChI=1S/C37H31N5O2S2/c1-43-32-22-18-29(19-23-32)38-34-35(39-30-20-24-33(44-2)25-21-30)46-37(42(34)31-16-10-5-11-17-31)41-36(40-28-14-8-4-9-15-28)45-26-27-12-6-3-7-13-27/h3-25H,26H2,1-2H3. The molecule has 1 saturated heterocycles. The number of hydrogen-bond donors (Lipinski definition) is 0. The summed E-state index contributed by atoms with van der Waals surface area (Å²) in [6, 6.07) is 45.6. The van der Waals surface area contributed by atoms with Gasteiger partial charge in [0.25, 0.3) is 0 Å². The Labute approximate surface area is 277 Å². The Bertz CT molecular complexity index is 1860. The number of amidine groups is 3. The van der Waals surface area contributed by atoms with Gasteiger partial charge in [0.15, 0.2) is 16.2 Å². The van der Waals surface area contributed by atoms with Crippen LogP contribution in [0, 0.1) is 0 Å². The molecule has 228 valence electrons. The van der Waals surface area contributed by atoms with Gasteiger partial charge in [0, 0.05) is 11.4 Å². The van der Waals surface area contributed by atoms with Gasteiger partial charge in [-0.05, 0) is 90.1 Å². The summed E-state index contributed by atoms with van der Waals surface area (Å²) >= 11 is 3.05. The fourth-order valence-electron chi connectivity index (χ4n) is 4.48. The van der Waals surface area contributed by atoms with Crippen LogP contribution >= 0.6 is 23.5 Å². The number of anilines is 1. The van der Waals surface area contributed by atoms with Gasteiger partial charge in [0.1, 0.15) is 16.5 Å². The zero-order valence-electron chi connectivity index (χ0n) is 25.4. The lowest BCUT2D eigenvalue weighted by atomic mass is 10.2. The summed E-state index contributed by atoms with van der Waals surface area (Å²) in [5.41, 5.74) is 4.47. The van der Waals surface area contributed by atoms with Crippen molar-refractivity contribution < 1.29 is 9.47 Å². The third kappa shape index (κ3) is 7.93. The number of aliphatic imine (C=N–C) groups is 4. The first-order valence-corrected chi connectivity index (χ1v) is 16.4. The van der Waals surface area contributed by atoms with Gasteiger partial charge < -0.3 is 9.47 Å². The number of para-hydroxylation sites is 2. The lowest BCUT2D eigenvalue weighted by molar-refractivity contribution is 0.415. The van der Waals surface area contributed by atoms with Crippen LogP contribution in [0.5, 0.6) is 11.5 Å². The summed E-state index contributed by atoms with van der Waals surface area (Å²) in [7, 11) is 3.30. The molecule has 5 aromatic rings. The second kappa shape index (κ2) is 15.2. The maximum absolute atomic E-state index is 5.38. The average molecular weight is 642 g/mol. The van der Waals surface area contributed by atoms with E-state index in [1.54, 1.807) is 26.0 Å². The van der Waals surface area contributed by atoms with Crippen LogP contribution in [0.2, 0.25) is 0 Å². The lowest BCUT2D eigenvalue weighted by Gasteiger charge is -2.19. The zero-order chi connectivity index (χ0) is 31.6. The van der Waals surface area contributed by atoms with Crippen molar-refractivity contribution in [1.82, 2.24) is 0 Å². The van der Waals surface area contributed by atoms with Crippen molar-refractivity contribution in [2.45, 2.75) is 5.75 Å². The first-order chi connectivity index (χ1) is 22.7. The van der Waals surface area contributed by atoms with Gasteiger partial charge in [-0.1, -0.05) is 78.5 Å². The Morgan fingerprint density at radius 3 is 1.76 bits per heavy atom. The van der Waals surface area contributed by atoms with Crippen LogP contribution in [-0.4, -0.2) is 35.4 Å². The molecule has 6 rings (SSSR count). The van der Waals surface area contributed by atoms with Gasteiger partial charge >= 0.3 is 0 Å². The van der Waals surface area contributed by atoms with E-state index in [1.165, 1.54) is 17.3 Å². The molecule has 1 aliphatic heterocycles. The van der Waals surface area contributed by atoms with Crippen LogP contribution in [0.25, 0.3) is 0 Å². The fraction of sp³-hybridized carbons (Fsp3) is 0.0811. The minimum atomic E-state index is 0.632. The third-order valence-electron chi connectivity index (χ3n) is 6.79. The van der Waals surface area contributed by atoms with Crippen molar-refractivity contribution in [3.63, 3.8) is 0 Å². The van der Waals surface area contributed by atoms with Crippen molar-refractivity contribution in [2.24, 2.45) is 20.0 Å². The molecule has 9 heteroatoms. The number of thioether (sulfide) groups is 2. The highest BCUT2D eigenvalue weighted by molar-refractivity contribution is 8.29. The molecular formula is C37H31N5O2S2. The van der Waals surface area contributed by atoms with E-state index in [0.717, 1.165) is 40.0 Å².